The van der Waals surface area contributed by atoms with Crippen molar-refractivity contribution < 1.29 is 22.5 Å². The molecule has 0 heterocycles. The summed E-state index contributed by atoms with van der Waals surface area (Å²) in [7, 11) is 0. The van der Waals surface area contributed by atoms with Gasteiger partial charge in [0.2, 0.25) is 0 Å². The van der Waals surface area contributed by atoms with E-state index in [9.17, 15) is 5.48 Å². The van der Waals surface area contributed by atoms with Gasteiger partial charge < -0.3 is 9.80 Å². The van der Waals surface area contributed by atoms with Gasteiger partial charge in [0.25, 0.3) is 0 Å². The number of nitrogens with zero attached hydrogens (tertiary/aromatic N) is 2. The summed E-state index contributed by atoms with van der Waals surface area (Å²) in [4.78, 5) is 2.89. The predicted octanol–water partition coefficient (Wildman–Crippen LogP) is 23.1. The summed E-state index contributed by atoms with van der Waals surface area (Å²) in [6.45, 7) is 0. The lowest BCUT2D eigenvalue weighted by Gasteiger charge is -2.31. The van der Waals surface area contributed by atoms with Gasteiger partial charge in [0.15, 0.2) is 0 Å². The Balaban J connectivity index is 0.989. The van der Waals surface area contributed by atoms with Gasteiger partial charge in [-0.3, -0.25) is 0 Å². The molecule has 0 aliphatic heterocycles. The van der Waals surface area contributed by atoms with Crippen LogP contribution in [0.25, 0.3) is 120 Å². The van der Waals surface area contributed by atoms with Crippen molar-refractivity contribution in [3.8, 4) is 44.5 Å². The third-order valence-corrected chi connectivity index (χ3v) is 16.4. The van der Waals surface area contributed by atoms with Gasteiger partial charge >= 0.3 is 0 Å². The van der Waals surface area contributed by atoms with Gasteiger partial charge in [0, 0.05) is 33.3 Å². The first-order chi connectivity index (χ1) is 45.6. The molecule has 0 spiro atoms. The second kappa shape index (κ2) is 19.9. The Hall–Kier alpha value is -10.9. The maximum absolute atomic E-state index is 18.7. The lowest BCUT2D eigenvalue weighted by Crippen LogP contribution is -2.14. The molecule has 84 heavy (non-hydrogen) atoms. The minimum atomic E-state index is -0.751. The van der Waals surface area contributed by atoms with Crippen LogP contribution in [0.1, 0.15) is 13.7 Å². The van der Waals surface area contributed by atoms with E-state index in [1.54, 1.807) is 12.1 Å². The smallest absolute Gasteiger partial charge is 0.148 e. The van der Waals surface area contributed by atoms with Gasteiger partial charge in [0.05, 0.1) is 36.5 Å². The highest BCUT2D eigenvalue weighted by atomic mass is 19.1. The largest absolute Gasteiger partial charge is 0.307 e. The van der Waals surface area contributed by atoms with E-state index in [-0.39, 0.29) is 34.1 Å². The van der Waals surface area contributed by atoms with Gasteiger partial charge in [-0.1, -0.05) is 218 Å². The van der Waals surface area contributed by atoms with Crippen LogP contribution < -0.4 is 9.80 Å². The molecule has 0 atom stereocenters. The van der Waals surface area contributed by atoms with Crippen LogP contribution in [-0.2, 0) is 0 Å². The number of hydrogen-bond donors (Lipinski definition) is 0. The summed E-state index contributed by atoms with van der Waals surface area (Å²) in [5.74, 6) is -1.50. The molecule has 0 unspecified atom stereocenters. The summed E-state index contributed by atoms with van der Waals surface area (Å²) in [5.41, 5.74) is 4.11. The molecule has 16 rings (SSSR count). The van der Waals surface area contributed by atoms with Crippen molar-refractivity contribution in [1.29, 1.82) is 0 Å². The van der Waals surface area contributed by atoms with Crippen LogP contribution >= 0.6 is 0 Å². The van der Waals surface area contributed by atoms with E-state index < -0.39 is 72.1 Å². The Kier molecular flexibility index (Phi) is 9.37. The van der Waals surface area contributed by atoms with Gasteiger partial charge in [-0.25, -0.2) is 8.78 Å². The molecular weight excluding hydrogens is 1030 g/mol. The number of para-hydroxylation sites is 2. The second-order valence-electron chi connectivity index (χ2n) is 21.2. The molecule has 16 aromatic carbocycles. The minimum Gasteiger partial charge on any atom is -0.307 e. The zero-order valence-corrected chi connectivity index (χ0v) is 44.7. The Morgan fingerprint density at radius 2 is 0.571 bits per heavy atom. The van der Waals surface area contributed by atoms with Crippen molar-refractivity contribution in [3.05, 3.63) is 315 Å². The normalized spacial score (nSPS) is 13.4. The minimum absolute atomic E-state index is 0.0923. The van der Waals surface area contributed by atoms with E-state index in [2.05, 4.69) is 0 Å². The molecule has 0 bridgehead atoms. The Bertz CT molecular complexity index is 5480. The number of rotatable bonds is 10. The van der Waals surface area contributed by atoms with Gasteiger partial charge in [-0.15, -0.1) is 0 Å². The van der Waals surface area contributed by atoms with E-state index in [1.165, 1.54) is 21.9 Å². The van der Waals surface area contributed by atoms with E-state index in [4.69, 9.17) is 8.22 Å². The average Bonchev–Trinajstić information content (AvgIpc) is 0.714. The quantitative estimate of drug-likeness (QED) is 0.126. The Morgan fingerprint density at radius 1 is 0.262 bits per heavy atom. The molecular formula is C80H50F2N2. The molecule has 0 radical (unpaired) electrons. The monoisotopic (exact) mass is 1090 g/mol. The molecule has 0 amide bonds. The van der Waals surface area contributed by atoms with Crippen LogP contribution in [0.3, 0.4) is 0 Å². The maximum Gasteiger partial charge on any atom is 0.148 e. The summed E-state index contributed by atoms with van der Waals surface area (Å²) in [6, 6.07) is 69.9. The van der Waals surface area contributed by atoms with Crippen LogP contribution in [0.2, 0.25) is 0 Å². The third-order valence-electron chi connectivity index (χ3n) is 16.4. The fourth-order valence-corrected chi connectivity index (χ4v) is 12.5. The Labute approximate surface area is 499 Å². The summed E-state index contributed by atoms with van der Waals surface area (Å²) in [5, 5.41) is 11.0. The van der Waals surface area contributed by atoms with Crippen molar-refractivity contribution in [2.45, 2.75) is 0 Å². The van der Waals surface area contributed by atoms with Crippen molar-refractivity contribution in [1.82, 2.24) is 0 Å². The number of fused-ring (bicyclic) bond motifs is 4. The molecule has 0 fully saturated rings. The number of benzene rings is 16. The first-order valence-electron chi connectivity index (χ1n) is 32.7. The summed E-state index contributed by atoms with van der Waals surface area (Å²) < 4.78 is 130. The fraction of sp³-hybridized carbons (Fsp3) is 0. The molecule has 0 aliphatic rings. The summed E-state index contributed by atoms with van der Waals surface area (Å²) >= 11 is 0. The highest BCUT2D eigenvalue weighted by molar-refractivity contribution is 6.28. The zero-order chi connectivity index (χ0) is 64.5. The van der Waals surface area contributed by atoms with Crippen LogP contribution in [0.5, 0.6) is 0 Å². The average molecular weight is 1090 g/mol. The lowest BCUT2D eigenvalue weighted by atomic mass is 9.90. The van der Waals surface area contributed by atoms with Crippen LogP contribution in [0, 0.1) is 11.6 Å². The SMILES string of the molecule is [2H]c1c([2H])c([2H])c(N(c2c(F)cc(-c3ccc4ccccc4c3)cc2-c2ccc3ccccc3c2)c2ccc3ccc4c(N(c5c(F)cc(-c6ccc7ccccc7c6)cc5-c5ccc6ccccc6c5)c5c([2H])c([2H])c([2H])c([2H])c5[2H])ccc5ccc2c3c54)c([2H])c1[2H]. The number of halogens is 2. The molecule has 16 aromatic rings. The van der Waals surface area contributed by atoms with Crippen LogP contribution in [-0.4, -0.2) is 0 Å². The molecule has 0 saturated heterocycles. The fourth-order valence-electron chi connectivity index (χ4n) is 12.5. The Morgan fingerprint density at radius 3 is 0.940 bits per heavy atom. The topological polar surface area (TPSA) is 6.48 Å². The van der Waals surface area contributed by atoms with Gasteiger partial charge in [0.1, 0.15) is 11.6 Å². The van der Waals surface area contributed by atoms with Crippen molar-refractivity contribution in [3.63, 3.8) is 0 Å². The van der Waals surface area contributed by atoms with Crippen molar-refractivity contribution in [2.75, 3.05) is 9.80 Å². The molecule has 0 aromatic heterocycles. The first kappa shape index (κ1) is 39.5. The maximum atomic E-state index is 18.7. The number of anilines is 6. The molecule has 0 aliphatic carbocycles. The summed E-state index contributed by atoms with van der Waals surface area (Å²) in [6.07, 6.45) is 0. The molecule has 0 saturated carbocycles. The predicted molar refractivity (Wildman–Crippen MR) is 351 cm³/mol. The van der Waals surface area contributed by atoms with E-state index >= 15 is 8.78 Å². The highest BCUT2D eigenvalue weighted by Gasteiger charge is 2.29. The van der Waals surface area contributed by atoms with Crippen LogP contribution in [0.15, 0.2) is 303 Å². The van der Waals surface area contributed by atoms with Crippen molar-refractivity contribution >= 4 is 110 Å². The van der Waals surface area contributed by atoms with Crippen LogP contribution in [0.4, 0.5) is 42.9 Å². The van der Waals surface area contributed by atoms with Gasteiger partial charge in [-0.05, 0) is 183 Å². The van der Waals surface area contributed by atoms with E-state index in [1.807, 2.05) is 218 Å². The van der Waals surface area contributed by atoms with E-state index in [0.717, 1.165) is 54.2 Å². The van der Waals surface area contributed by atoms with E-state index in [0.29, 0.717) is 65.7 Å². The molecule has 394 valence electrons. The number of hydrogen-bond acceptors (Lipinski definition) is 2. The molecule has 0 N–H and O–H groups in total. The first-order valence-corrected chi connectivity index (χ1v) is 27.7. The molecule has 4 heteroatoms. The van der Waals surface area contributed by atoms with Crippen molar-refractivity contribution in [2.24, 2.45) is 0 Å². The third kappa shape index (κ3) is 8.29. The second-order valence-corrected chi connectivity index (χ2v) is 21.2. The molecule has 2 nitrogen and oxygen atoms in total. The van der Waals surface area contributed by atoms with Gasteiger partial charge in [-0.2, -0.15) is 0 Å². The highest BCUT2D eigenvalue weighted by Crippen LogP contribution is 2.52. The lowest BCUT2D eigenvalue weighted by molar-refractivity contribution is 0.629. The standard InChI is InChI=1S/C80H50F2N2/c81-73-49-65(61-31-27-51-15-7-11-19-57(51)43-61)47-71(63-33-29-53-17-9-13-21-59(53)45-63)79(73)83(67-23-3-1-4-24-67)75-41-37-55-36-40-70-76(42-38-56-35-39-69(75)77(55)78(56)70)84(68-25-5-2-6-26-68)80-72(64-34-30-54-18-10-14-22-60(54)46-64)48-66(50-74(80)82)62-32-28-52-16-8-12-20-58(52)44-62/h1-50H/i1D,2D,3D,4D,5D,6D,23D,24D,25D,26D. The zero-order valence-electron chi connectivity index (χ0n) is 54.7.